The number of aryl methyl sites for hydroxylation is 1. The molecular weight excluding hydrogens is 198 g/mol. The molecule has 1 atom stereocenters. The molecule has 2 N–H and O–H groups in total. The molecule has 0 spiro atoms. The lowest BCUT2D eigenvalue weighted by Crippen LogP contribution is -2.22. The molecule has 86 valence electrons. The molecular formula is C14H19NO. The summed E-state index contributed by atoms with van der Waals surface area (Å²) in [6, 6.07) is 6.59. The van der Waals surface area contributed by atoms with E-state index in [1.807, 2.05) is 0 Å². The van der Waals surface area contributed by atoms with E-state index < -0.39 is 0 Å². The Hall–Kier alpha value is -1.02. The highest BCUT2D eigenvalue weighted by Crippen LogP contribution is 2.37. The number of benzene rings is 1. The minimum absolute atomic E-state index is 0.169. The lowest BCUT2D eigenvalue weighted by molar-refractivity contribution is 0.254. The summed E-state index contributed by atoms with van der Waals surface area (Å²) < 4.78 is 5.69. The Morgan fingerprint density at radius 1 is 1.44 bits per heavy atom. The molecule has 0 radical (unpaired) electrons. The van der Waals surface area contributed by atoms with Crippen LogP contribution < -0.4 is 10.5 Å². The molecule has 0 saturated heterocycles. The van der Waals surface area contributed by atoms with E-state index in [0.29, 0.717) is 6.10 Å². The Morgan fingerprint density at radius 3 is 3.00 bits per heavy atom. The first-order valence-electron chi connectivity index (χ1n) is 6.22. The zero-order chi connectivity index (χ0) is 11.2. The predicted octanol–water partition coefficient (Wildman–Crippen LogP) is 2.43. The Morgan fingerprint density at radius 2 is 2.25 bits per heavy atom. The highest BCUT2D eigenvalue weighted by molar-refractivity contribution is 5.40. The number of fused-ring (bicyclic) bond motifs is 1. The van der Waals surface area contributed by atoms with Crippen molar-refractivity contribution in [2.75, 3.05) is 0 Å². The van der Waals surface area contributed by atoms with Crippen molar-refractivity contribution in [2.24, 2.45) is 5.73 Å². The minimum Gasteiger partial charge on any atom is -0.490 e. The monoisotopic (exact) mass is 217 g/mol. The fraction of sp³-hybridized carbons (Fsp3) is 0.571. The third-order valence-corrected chi connectivity index (χ3v) is 3.76. The van der Waals surface area contributed by atoms with E-state index in [0.717, 1.165) is 25.0 Å². The number of ether oxygens (including phenoxy) is 1. The largest absolute Gasteiger partial charge is 0.490 e. The van der Waals surface area contributed by atoms with Crippen molar-refractivity contribution in [2.45, 2.75) is 50.7 Å². The topological polar surface area (TPSA) is 35.2 Å². The molecule has 1 aromatic rings. The Bertz CT molecular complexity index is 409. The van der Waals surface area contributed by atoms with Crippen LogP contribution in [0.4, 0.5) is 0 Å². The van der Waals surface area contributed by atoms with Crippen molar-refractivity contribution in [1.29, 1.82) is 0 Å². The highest BCUT2D eigenvalue weighted by Gasteiger charge is 2.37. The van der Waals surface area contributed by atoms with Gasteiger partial charge < -0.3 is 10.5 Å². The zero-order valence-corrected chi connectivity index (χ0v) is 9.83. The summed E-state index contributed by atoms with van der Waals surface area (Å²) in [6.45, 7) is 2.12. The van der Waals surface area contributed by atoms with Gasteiger partial charge in [-0.25, -0.2) is 0 Å². The summed E-state index contributed by atoms with van der Waals surface area (Å²) >= 11 is 0. The van der Waals surface area contributed by atoms with Gasteiger partial charge in [0.15, 0.2) is 0 Å². The average Bonchev–Trinajstić information content (AvgIpc) is 2.87. The van der Waals surface area contributed by atoms with Gasteiger partial charge in [0.1, 0.15) is 11.9 Å². The molecule has 1 aliphatic heterocycles. The molecule has 2 nitrogen and oxygen atoms in total. The highest BCUT2D eigenvalue weighted by atomic mass is 16.5. The van der Waals surface area contributed by atoms with E-state index in [1.54, 1.807) is 0 Å². The van der Waals surface area contributed by atoms with Crippen molar-refractivity contribution in [3.63, 3.8) is 0 Å². The van der Waals surface area contributed by atoms with E-state index in [-0.39, 0.29) is 5.54 Å². The molecule has 1 aromatic carbocycles. The molecule has 1 heterocycles. The van der Waals surface area contributed by atoms with Crippen LogP contribution in [0.3, 0.4) is 0 Å². The number of rotatable bonds is 3. The normalized spacial score (nSPS) is 25.0. The third-order valence-electron chi connectivity index (χ3n) is 3.76. The van der Waals surface area contributed by atoms with Crippen LogP contribution in [0.15, 0.2) is 18.2 Å². The smallest absolute Gasteiger partial charge is 0.123 e. The van der Waals surface area contributed by atoms with Crippen LogP contribution in [0.1, 0.15) is 37.3 Å². The molecule has 16 heavy (non-hydrogen) atoms. The summed E-state index contributed by atoms with van der Waals surface area (Å²) in [5.74, 6) is 1.07. The summed E-state index contributed by atoms with van der Waals surface area (Å²) in [7, 11) is 0. The molecule has 2 heteroatoms. The SMILES string of the molecule is CC1Cc2cc(CCC3(N)CC3)ccc2O1. The van der Waals surface area contributed by atoms with Gasteiger partial charge >= 0.3 is 0 Å². The van der Waals surface area contributed by atoms with Gasteiger partial charge in [-0.3, -0.25) is 0 Å². The fourth-order valence-corrected chi connectivity index (χ4v) is 2.43. The standard InChI is InChI=1S/C14H19NO/c1-10-8-12-9-11(2-3-13(12)16-10)4-5-14(15)6-7-14/h2-3,9-10H,4-8,15H2,1H3. The molecule has 1 aliphatic carbocycles. The number of hydrogen-bond donors (Lipinski definition) is 1. The number of hydrogen-bond acceptors (Lipinski definition) is 2. The molecule has 2 aliphatic rings. The molecule has 0 amide bonds. The minimum atomic E-state index is 0.169. The van der Waals surface area contributed by atoms with Crippen LogP contribution in [0.5, 0.6) is 5.75 Å². The Kier molecular flexibility index (Phi) is 2.21. The molecule has 1 fully saturated rings. The lowest BCUT2D eigenvalue weighted by Gasteiger charge is -2.08. The first-order valence-corrected chi connectivity index (χ1v) is 6.22. The summed E-state index contributed by atoms with van der Waals surface area (Å²) in [4.78, 5) is 0. The Labute approximate surface area is 96.8 Å². The summed E-state index contributed by atoms with van der Waals surface area (Å²) in [5, 5.41) is 0. The first-order chi connectivity index (χ1) is 7.65. The van der Waals surface area contributed by atoms with Gasteiger partial charge in [0.05, 0.1) is 0 Å². The maximum Gasteiger partial charge on any atom is 0.123 e. The van der Waals surface area contributed by atoms with Crippen LogP contribution in [-0.2, 0) is 12.8 Å². The van der Waals surface area contributed by atoms with E-state index in [2.05, 4.69) is 25.1 Å². The fourth-order valence-electron chi connectivity index (χ4n) is 2.43. The van der Waals surface area contributed by atoms with Crippen LogP contribution in [0.25, 0.3) is 0 Å². The van der Waals surface area contributed by atoms with E-state index >= 15 is 0 Å². The van der Waals surface area contributed by atoms with Gasteiger partial charge in [-0.05, 0) is 49.8 Å². The van der Waals surface area contributed by atoms with Gasteiger partial charge in [0.2, 0.25) is 0 Å². The second-order valence-electron chi connectivity index (χ2n) is 5.44. The first kappa shape index (κ1) is 10.2. The van der Waals surface area contributed by atoms with E-state index in [1.165, 1.54) is 24.0 Å². The van der Waals surface area contributed by atoms with E-state index in [4.69, 9.17) is 10.5 Å². The quantitative estimate of drug-likeness (QED) is 0.844. The lowest BCUT2D eigenvalue weighted by atomic mass is 10.0. The molecule has 1 unspecified atom stereocenters. The number of nitrogens with two attached hydrogens (primary N) is 1. The zero-order valence-electron chi connectivity index (χ0n) is 9.83. The summed E-state index contributed by atoms with van der Waals surface area (Å²) in [5.41, 5.74) is 9.05. The van der Waals surface area contributed by atoms with Crippen molar-refractivity contribution in [3.8, 4) is 5.75 Å². The average molecular weight is 217 g/mol. The molecule has 0 aromatic heterocycles. The maximum atomic E-state index is 6.10. The Balaban J connectivity index is 1.70. The van der Waals surface area contributed by atoms with Crippen molar-refractivity contribution < 1.29 is 4.74 Å². The molecule has 3 rings (SSSR count). The predicted molar refractivity (Wildman–Crippen MR) is 64.7 cm³/mol. The van der Waals surface area contributed by atoms with Gasteiger partial charge in [0, 0.05) is 12.0 Å². The van der Waals surface area contributed by atoms with Crippen molar-refractivity contribution >= 4 is 0 Å². The van der Waals surface area contributed by atoms with Crippen LogP contribution >= 0.6 is 0 Å². The van der Waals surface area contributed by atoms with Gasteiger partial charge in [-0.15, -0.1) is 0 Å². The van der Waals surface area contributed by atoms with Crippen molar-refractivity contribution in [3.05, 3.63) is 29.3 Å². The van der Waals surface area contributed by atoms with Crippen molar-refractivity contribution in [1.82, 2.24) is 0 Å². The second kappa shape index (κ2) is 3.49. The van der Waals surface area contributed by atoms with Crippen LogP contribution in [0, 0.1) is 0 Å². The van der Waals surface area contributed by atoms with Crippen LogP contribution in [-0.4, -0.2) is 11.6 Å². The van der Waals surface area contributed by atoms with Crippen LogP contribution in [0.2, 0.25) is 0 Å². The van der Waals surface area contributed by atoms with E-state index in [9.17, 15) is 0 Å². The molecule has 1 saturated carbocycles. The van der Waals surface area contributed by atoms with Gasteiger partial charge in [0.25, 0.3) is 0 Å². The van der Waals surface area contributed by atoms with Gasteiger partial charge in [-0.1, -0.05) is 12.1 Å². The van der Waals surface area contributed by atoms with Gasteiger partial charge in [-0.2, -0.15) is 0 Å². The third kappa shape index (κ3) is 1.94. The second-order valence-corrected chi connectivity index (χ2v) is 5.44. The summed E-state index contributed by atoms with van der Waals surface area (Å²) in [6.07, 6.45) is 6.04. The molecule has 0 bridgehead atoms. The maximum absolute atomic E-state index is 6.10.